The van der Waals surface area contributed by atoms with Crippen molar-refractivity contribution in [1.82, 2.24) is 10.2 Å². The summed E-state index contributed by atoms with van der Waals surface area (Å²) in [6, 6.07) is 0.493. The van der Waals surface area contributed by atoms with E-state index in [1.807, 2.05) is 4.90 Å². The summed E-state index contributed by atoms with van der Waals surface area (Å²) in [6.45, 7) is 1.11. The largest absolute Gasteiger partial charge is 0.352 e. The first-order chi connectivity index (χ1) is 9.69. The fourth-order valence-corrected chi connectivity index (χ4v) is 3.64. The number of nitrogens with two attached hydrogens (primary N) is 1. The Morgan fingerprint density at radius 1 is 1.29 bits per heavy atom. The van der Waals surface area contributed by atoms with Crippen LogP contribution in [0, 0.1) is 11.8 Å². The number of likely N-dealkylation sites (tertiary alicyclic amines) is 1. The van der Waals surface area contributed by atoms with Gasteiger partial charge in [-0.2, -0.15) is 0 Å². The average molecular weight is 316 g/mol. The third kappa shape index (κ3) is 3.69. The quantitative estimate of drug-likeness (QED) is 0.796. The zero-order chi connectivity index (χ0) is 14.1. The number of carbonyl (C=O) groups excluding carboxylic acids is 2. The summed E-state index contributed by atoms with van der Waals surface area (Å²) >= 11 is 0. The van der Waals surface area contributed by atoms with Crippen LogP contribution in [0.4, 0.5) is 0 Å². The van der Waals surface area contributed by atoms with Crippen molar-refractivity contribution in [2.24, 2.45) is 17.6 Å². The van der Waals surface area contributed by atoms with Gasteiger partial charge in [-0.1, -0.05) is 12.8 Å². The van der Waals surface area contributed by atoms with Crippen molar-refractivity contribution in [2.75, 3.05) is 13.1 Å². The molecule has 0 radical (unpaired) electrons. The SMILES string of the molecule is Cl.NCC(NC(=O)C1CC(=O)N(C2CCCC2)C1)C1CC1. The maximum atomic E-state index is 12.3. The minimum Gasteiger partial charge on any atom is -0.352 e. The molecular formula is C15H26ClN3O2. The minimum absolute atomic E-state index is 0. The van der Waals surface area contributed by atoms with Gasteiger partial charge in [0.2, 0.25) is 11.8 Å². The molecule has 2 amide bonds. The smallest absolute Gasteiger partial charge is 0.225 e. The van der Waals surface area contributed by atoms with Gasteiger partial charge in [-0.15, -0.1) is 12.4 Å². The van der Waals surface area contributed by atoms with E-state index in [4.69, 9.17) is 5.73 Å². The first-order valence-electron chi connectivity index (χ1n) is 7.99. The number of nitrogens with one attached hydrogen (secondary N) is 1. The lowest BCUT2D eigenvalue weighted by molar-refractivity contribution is -0.130. The van der Waals surface area contributed by atoms with Crippen LogP contribution in [0.5, 0.6) is 0 Å². The van der Waals surface area contributed by atoms with Gasteiger partial charge in [0.25, 0.3) is 0 Å². The Kier molecular flexibility index (Phi) is 5.49. The van der Waals surface area contributed by atoms with Crippen molar-refractivity contribution >= 4 is 24.2 Å². The summed E-state index contributed by atoms with van der Waals surface area (Å²) in [5.41, 5.74) is 5.72. The molecule has 0 aromatic carbocycles. The van der Waals surface area contributed by atoms with Crippen LogP contribution in [0.15, 0.2) is 0 Å². The van der Waals surface area contributed by atoms with Crippen LogP contribution in [0.1, 0.15) is 44.9 Å². The highest BCUT2D eigenvalue weighted by atomic mass is 35.5. The summed E-state index contributed by atoms with van der Waals surface area (Å²) < 4.78 is 0. The van der Waals surface area contributed by atoms with Gasteiger partial charge in [-0.25, -0.2) is 0 Å². The Balaban J connectivity index is 0.00000161. The molecule has 1 heterocycles. The van der Waals surface area contributed by atoms with E-state index in [9.17, 15) is 9.59 Å². The second-order valence-electron chi connectivity index (χ2n) is 6.57. The van der Waals surface area contributed by atoms with Crippen LogP contribution in [0.2, 0.25) is 0 Å². The third-order valence-corrected chi connectivity index (χ3v) is 5.07. The predicted octanol–water partition coefficient (Wildman–Crippen LogP) is 1.05. The Bertz CT molecular complexity index is 394. The number of rotatable bonds is 5. The number of nitrogens with zero attached hydrogens (tertiary/aromatic N) is 1. The van der Waals surface area contributed by atoms with E-state index in [1.165, 1.54) is 25.7 Å². The van der Waals surface area contributed by atoms with Crippen molar-refractivity contribution in [3.05, 3.63) is 0 Å². The van der Waals surface area contributed by atoms with Crippen LogP contribution in [-0.2, 0) is 9.59 Å². The van der Waals surface area contributed by atoms with E-state index < -0.39 is 0 Å². The van der Waals surface area contributed by atoms with E-state index >= 15 is 0 Å². The van der Waals surface area contributed by atoms with Gasteiger partial charge in [0, 0.05) is 31.6 Å². The fraction of sp³-hybridized carbons (Fsp3) is 0.867. The molecule has 5 nitrogen and oxygen atoms in total. The third-order valence-electron chi connectivity index (χ3n) is 5.07. The lowest BCUT2D eigenvalue weighted by atomic mass is 10.1. The highest BCUT2D eigenvalue weighted by Crippen LogP contribution is 2.33. The molecule has 1 saturated heterocycles. The van der Waals surface area contributed by atoms with E-state index in [-0.39, 0.29) is 36.2 Å². The van der Waals surface area contributed by atoms with E-state index in [2.05, 4.69) is 5.32 Å². The molecule has 2 saturated carbocycles. The van der Waals surface area contributed by atoms with Crippen LogP contribution in [-0.4, -0.2) is 41.9 Å². The van der Waals surface area contributed by atoms with Gasteiger partial charge in [0.1, 0.15) is 0 Å². The van der Waals surface area contributed by atoms with Crippen molar-refractivity contribution < 1.29 is 9.59 Å². The summed E-state index contributed by atoms with van der Waals surface area (Å²) in [6.07, 6.45) is 7.34. The molecule has 3 N–H and O–H groups in total. The Labute approximate surface area is 132 Å². The highest BCUT2D eigenvalue weighted by molar-refractivity contribution is 5.89. The molecule has 2 aliphatic carbocycles. The van der Waals surface area contributed by atoms with Crippen molar-refractivity contribution in [3.63, 3.8) is 0 Å². The molecule has 2 atom stereocenters. The molecule has 1 aliphatic heterocycles. The number of carbonyl (C=O) groups is 2. The monoisotopic (exact) mass is 315 g/mol. The molecule has 2 unspecified atom stereocenters. The molecular weight excluding hydrogens is 290 g/mol. The molecule has 0 aromatic rings. The van der Waals surface area contributed by atoms with Crippen LogP contribution >= 0.6 is 12.4 Å². The summed E-state index contributed by atoms with van der Waals surface area (Å²) in [4.78, 5) is 26.4. The van der Waals surface area contributed by atoms with E-state index in [1.54, 1.807) is 0 Å². The summed E-state index contributed by atoms with van der Waals surface area (Å²) in [5, 5.41) is 3.06. The summed E-state index contributed by atoms with van der Waals surface area (Å²) in [5.74, 6) is 0.580. The highest BCUT2D eigenvalue weighted by Gasteiger charge is 2.40. The van der Waals surface area contributed by atoms with Crippen molar-refractivity contribution in [1.29, 1.82) is 0 Å². The van der Waals surface area contributed by atoms with Crippen LogP contribution in [0.25, 0.3) is 0 Å². The maximum absolute atomic E-state index is 12.3. The normalized spacial score (nSPS) is 27.6. The van der Waals surface area contributed by atoms with Gasteiger partial charge in [-0.05, 0) is 31.6 Å². The van der Waals surface area contributed by atoms with Gasteiger partial charge in [0.05, 0.1) is 5.92 Å². The maximum Gasteiger partial charge on any atom is 0.225 e. The Morgan fingerprint density at radius 3 is 2.52 bits per heavy atom. The first kappa shape index (κ1) is 16.6. The standard InChI is InChI=1S/C15H25N3O2.ClH/c16-8-13(10-5-6-10)17-15(20)11-7-14(19)18(9-11)12-3-1-2-4-12;/h10-13H,1-9,16H2,(H,17,20);1H. The summed E-state index contributed by atoms with van der Waals surface area (Å²) in [7, 11) is 0. The van der Waals surface area contributed by atoms with Gasteiger partial charge < -0.3 is 16.0 Å². The Hall–Kier alpha value is -0.810. The lowest BCUT2D eigenvalue weighted by Gasteiger charge is -2.24. The molecule has 120 valence electrons. The molecule has 6 heteroatoms. The molecule has 3 fully saturated rings. The molecule has 21 heavy (non-hydrogen) atoms. The molecule has 3 rings (SSSR count). The van der Waals surface area contributed by atoms with Crippen molar-refractivity contribution in [3.8, 4) is 0 Å². The topological polar surface area (TPSA) is 75.4 Å². The number of halogens is 1. The van der Waals surface area contributed by atoms with E-state index in [0.717, 1.165) is 12.8 Å². The molecule has 0 aromatic heterocycles. The number of hydrogen-bond donors (Lipinski definition) is 2. The molecule has 0 bridgehead atoms. The van der Waals surface area contributed by atoms with Crippen LogP contribution in [0.3, 0.4) is 0 Å². The average Bonchev–Trinajstić information content (AvgIpc) is 2.99. The number of hydrogen-bond acceptors (Lipinski definition) is 3. The predicted molar refractivity (Wildman–Crippen MR) is 83.0 cm³/mol. The zero-order valence-corrected chi connectivity index (χ0v) is 13.2. The zero-order valence-electron chi connectivity index (χ0n) is 12.4. The van der Waals surface area contributed by atoms with Gasteiger partial charge in [0.15, 0.2) is 0 Å². The Morgan fingerprint density at radius 2 is 1.95 bits per heavy atom. The molecule has 3 aliphatic rings. The molecule has 0 spiro atoms. The number of amides is 2. The van der Waals surface area contributed by atoms with E-state index in [0.29, 0.717) is 31.5 Å². The second-order valence-corrected chi connectivity index (χ2v) is 6.57. The van der Waals surface area contributed by atoms with Gasteiger partial charge >= 0.3 is 0 Å². The second kappa shape index (κ2) is 6.97. The van der Waals surface area contributed by atoms with Crippen molar-refractivity contribution in [2.45, 2.75) is 57.0 Å². The first-order valence-corrected chi connectivity index (χ1v) is 7.99. The lowest BCUT2D eigenvalue weighted by Crippen LogP contribution is -2.45. The minimum atomic E-state index is -0.170. The fourth-order valence-electron chi connectivity index (χ4n) is 3.64. The van der Waals surface area contributed by atoms with Crippen LogP contribution < -0.4 is 11.1 Å². The van der Waals surface area contributed by atoms with Gasteiger partial charge in [-0.3, -0.25) is 9.59 Å².